The number of halogens is 1. The second-order valence-electron chi connectivity index (χ2n) is 5.21. The molecule has 23 heavy (non-hydrogen) atoms. The van der Waals surface area contributed by atoms with Crippen molar-refractivity contribution in [2.45, 2.75) is 12.8 Å². The molecule has 0 bridgehead atoms. The molecule has 7 heteroatoms. The van der Waals surface area contributed by atoms with Crippen molar-refractivity contribution in [3.63, 3.8) is 0 Å². The van der Waals surface area contributed by atoms with Gasteiger partial charge in [-0.1, -0.05) is 6.08 Å². The van der Waals surface area contributed by atoms with Gasteiger partial charge in [0.2, 0.25) is 5.91 Å². The SMILES string of the molecule is C=CCNC(=O)Nc1ccc(NC(=O)C2CCNCC2)cc1.Cl. The van der Waals surface area contributed by atoms with Gasteiger partial charge >= 0.3 is 6.03 Å². The van der Waals surface area contributed by atoms with Crippen LogP contribution >= 0.6 is 12.4 Å². The van der Waals surface area contributed by atoms with E-state index in [1.807, 2.05) is 0 Å². The van der Waals surface area contributed by atoms with Crippen LogP contribution in [-0.2, 0) is 4.79 Å². The number of benzene rings is 1. The molecular weight excluding hydrogens is 316 g/mol. The topological polar surface area (TPSA) is 82.3 Å². The van der Waals surface area contributed by atoms with Crippen LogP contribution in [-0.4, -0.2) is 31.6 Å². The highest BCUT2D eigenvalue weighted by Gasteiger charge is 2.20. The standard InChI is InChI=1S/C16H22N4O2.ClH/c1-2-9-18-16(22)20-14-5-3-13(4-6-14)19-15(21)12-7-10-17-11-8-12;/h2-6,12,17H,1,7-11H2,(H,19,21)(H2,18,20,22);1H. The summed E-state index contributed by atoms with van der Waals surface area (Å²) < 4.78 is 0. The number of carbonyl (C=O) groups excluding carboxylic acids is 2. The molecule has 1 aromatic rings. The summed E-state index contributed by atoms with van der Waals surface area (Å²) in [4.78, 5) is 23.6. The van der Waals surface area contributed by atoms with Crippen molar-refractivity contribution in [2.75, 3.05) is 30.3 Å². The highest BCUT2D eigenvalue weighted by Crippen LogP contribution is 2.17. The van der Waals surface area contributed by atoms with Crippen LogP contribution in [0.15, 0.2) is 36.9 Å². The van der Waals surface area contributed by atoms with Crippen molar-refractivity contribution in [1.82, 2.24) is 10.6 Å². The third kappa shape index (κ3) is 6.30. The van der Waals surface area contributed by atoms with Gasteiger partial charge in [0.15, 0.2) is 0 Å². The molecule has 126 valence electrons. The number of urea groups is 1. The van der Waals surface area contributed by atoms with E-state index in [1.54, 1.807) is 30.3 Å². The van der Waals surface area contributed by atoms with Gasteiger partial charge in [0.1, 0.15) is 0 Å². The number of hydrogen-bond donors (Lipinski definition) is 4. The van der Waals surface area contributed by atoms with Gasteiger partial charge in [-0.3, -0.25) is 4.79 Å². The van der Waals surface area contributed by atoms with Gasteiger partial charge in [0, 0.05) is 23.8 Å². The van der Waals surface area contributed by atoms with Crippen LogP contribution in [0.4, 0.5) is 16.2 Å². The third-order valence-electron chi connectivity index (χ3n) is 3.53. The molecular formula is C16H23ClN4O2. The predicted molar refractivity (Wildman–Crippen MR) is 95.1 cm³/mol. The average molecular weight is 339 g/mol. The van der Waals surface area contributed by atoms with Crippen LogP contribution in [0.2, 0.25) is 0 Å². The molecule has 1 aliphatic heterocycles. The Labute approximate surface area is 142 Å². The molecule has 0 atom stereocenters. The second kappa shape index (κ2) is 9.86. The van der Waals surface area contributed by atoms with Crippen molar-refractivity contribution < 1.29 is 9.59 Å². The van der Waals surface area contributed by atoms with Crippen LogP contribution in [0.3, 0.4) is 0 Å². The first-order chi connectivity index (χ1) is 10.7. The van der Waals surface area contributed by atoms with E-state index >= 15 is 0 Å². The monoisotopic (exact) mass is 338 g/mol. The van der Waals surface area contributed by atoms with Gasteiger partial charge in [-0.25, -0.2) is 4.79 Å². The van der Waals surface area contributed by atoms with Gasteiger partial charge in [-0.2, -0.15) is 0 Å². The Hall–Kier alpha value is -2.05. The zero-order chi connectivity index (χ0) is 15.8. The number of amides is 3. The quantitative estimate of drug-likeness (QED) is 0.622. The van der Waals surface area contributed by atoms with E-state index in [2.05, 4.69) is 27.8 Å². The van der Waals surface area contributed by atoms with Crippen molar-refractivity contribution in [2.24, 2.45) is 5.92 Å². The zero-order valence-corrected chi connectivity index (χ0v) is 13.7. The van der Waals surface area contributed by atoms with E-state index in [0.29, 0.717) is 12.2 Å². The Kier molecular flexibility index (Phi) is 8.15. The summed E-state index contributed by atoms with van der Waals surface area (Å²) in [5, 5.41) is 11.5. The summed E-state index contributed by atoms with van der Waals surface area (Å²) in [6.45, 7) is 5.72. The molecule has 0 saturated carbocycles. The van der Waals surface area contributed by atoms with E-state index in [9.17, 15) is 9.59 Å². The van der Waals surface area contributed by atoms with E-state index in [1.165, 1.54) is 0 Å². The van der Waals surface area contributed by atoms with Gasteiger partial charge in [0.25, 0.3) is 0 Å². The lowest BCUT2D eigenvalue weighted by molar-refractivity contribution is -0.120. The van der Waals surface area contributed by atoms with Crippen LogP contribution in [0.5, 0.6) is 0 Å². The summed E-state index contributed by atoms with van der Waals surface area (Å²) in [5.74, 6) is 0.134. The Morgan fingerprint density at radius 3 is 2.26 bits per heavy atom. The van der Waals surface area contributed by atoms with Gasteiger partial charge < -0.3 is 21.3 Å². The average Bonchev–Trinajstić information content (AvgIpc) is 2.55. The summed E-state index contributed by atoms with van der Waals surface area (Å²) >= 11 is 0. The number of anilines is 2. The number of rotatable bonds is 5. The van der Waals surface area contributed by atoms with Gasteiger partial charge in [-0.15, -0.1) is 19.0 Å². The summed E-state index contributed by atoms with van der Waals surface area (Å²) in [6, 6.07) is 6.78. The van der Waals surface area contributed by atoms with Crippen LogP contribution < -0.4 is 21.3 Å². The van der Waals surface area contributed by atoms with Crippen LogP contribution in [0, 0.1) is 5.92 Å². The van der Waals surface area contributed by atoms with E-state index in [0.717, 1.165) is 31.6 Å². The molecule has 3 amide bonds. The fraction of sp³-hybridized carbons (Fsp3) is 0.375. The molecule has 0 aromatic heterocycles. The Morgan fingerprint density at radius 1 is 1.13 bits per heavy atom. The Balaban J connectivity index is 0.00000264. The molecule has 1 fully saturated rings. The Bertz CT molecular complexity index is 527. The molecule has 0 spiro atoms. The summed E-state index contributed by atoms with van der Waals surface area (Å²) in [5.41, 5.74) is 1.40. The molecule has 1 saturated heterocycles. The highest BCUT2D eigenvalue weighted by atomic mass is 35.5. The minimum absolute atomic E-state index is 0. The first-order valence-electron chi connectivity index (χ1n) is 7.46. The Morgan fingerprint density at radius 2 is 1.70 bits per heavy atom. The maximum Gasteiger partial charge on any atom is 0.319 e. The zero-order valence-electron chi connectivity index (χ0n) is 12.9. The van der Waals surface area contributed by atoms with Crippen LogP contribution in [0.1, 0.15) is 12.8 Å². The normalized spacial score (nSPS) is 14.3. The van der Waals surface area contributed by atoms with Crippen LogP contribution in [0.25, 0.3) is 0 Å². The lowest BCUT2D eigenvalue weighted by Crippen LogP contribution is -2.34. The molecule has 2 rings (SSSR count). The lowest BCUT2D eigenvalue weighted by Gasteiger charge is -2.21. The smallest absolute Gasteiger partial charge is 0.319 e. The second-order valence-corrected chi connectivity index (χ2v) is 5.21. The molecule has 4 N–H and O–H groups in total. The number of nitrogens with one attached hydrogen (secondary N) is 4. The molecule has 0 aliphatic carbocycles. The first kappa shape index (κ1) is 19.0. The van der Waals surface area contributed by atoms with Crippen molar-refractivity contribution >= 4 is 35.7 Å². The number of piperidine rings is 1. The minimum atomic E-state index is -0.286. The fourth-order valence-corrected chi connectivity index (χ4v) is 2.31. The molecule has 0 unspecified atom stereocenters. The number of hydrogen-bond acceptors (Lipinski definition) is 3. The largest absolute Gasteiger partial charge is 0.334 e. The first-order valence-corrected chi connectivity index (χ1v) is 7.46. The maximum absolute atomic E-state index is 12.1. The number of carbonyl (C=O) groups is 2. The van der Waals surface area contributed by atoms with E-state index in [4.69, 9.17) is 0 Å². The van der Waals surface area contributed by atoms with Gasteiger partial charge in [-0.05, 0) is 50.2 Å². The molecule has 0 radical (unpaired) electrons. The van der Waals surface area contributed by atoms with Crippen molar-refractivity contribution in [3.8, 4) is 0 Å². The predicted octanol–water partition coefficient (Wildman–Crippen LogP) is 2.35. The van der Waals surface area contributed by atoms with Crippen molar-refractivity contribution in [1.29, 1.82) is 0 Å². The highest BCUT2D eigenvalue weighted by molar-refractivity contribution is 5.93. The fourth-order valence-electron chi connectivity index (χ4n) is 2.31. The van der Waals surface area contributed by atoms with E-state index in [-0.39, 0.29) is 30.3 Å². The van der Waals surface area contributed by atoms with Crippen molar-refractivity contribution in [3.05, 3.63) is 36.9 Å². The molecule has 1 aliphatic rings. The van der Waals surface area contributed by atoms with E-state index < -0.39 is 0 Å². The minimum Gasteiger partial charge on any atom is -0.334 e. The maximum atomic E-state index is 12.1. The third-order valence-corrected chi connectivity index (χ3v) is 3.53. The molecule has 1 heterocycles. The molecule has 6 nitrogen and oxygen atoms in total. The molecule has 1 aromatic carbocycles. The summed E-state index contributed by atoms with van der Waals surface area (Å²) in [6.07, 6.45) is 3.35. The lowest BCUT2D eigenvalue weighted by atomic mass is 9.97. The van der Waals surface area contributed by atoms with Gasteiger partial charge in [0.05, 0.1) is 0 Å². The summed E-state index contributed by atoms with van der Waals surface area (Å²) in [7, 11) is 0.